The monoisotopic (exact) mass is 435 g/mol. The van der Waals surface area contributed by atoms with Gasteiger partial charge in [-0.3, -0.25) is 0 Å². The third-order valence-electron chi connectivity index (χ3n) is 4.85. The van der Waals surface area contributed by atoms with Crippen LogP contribution in [0.4, 0.5) is 29.1 Å². The van der Waals surface area contributed by atoms with Gasteiger partial charge in [0.2, 0.25) is 5.95 Å². The molecule has 0 bridgehead atoms. The van der Waals surface area contributed by atoms with Gasteiger partial charge in [-0.25, -0.2) is 4.98 Å². The van der Waals surface area contributed by atoms with Gasteiger partial charge in [-0.1, -0.05) is 32.0 Å². The van der Waals surface area contributed by atoms with Gasteiger partial charge < -0.3 is 20.0 Å². The Morgan fingerprint density at radius 2 is 1.66 bits per heavy atom. The molecule has 0 spiro atoms. The smallest absolute Gasteiger partial charge is 0.229 e. The van der Waals surface area contributed by atoms with E-state index in [-0.39, 0.29) is 0 Å². The second kappa shape index (κ2) is 12.5. The zero-order valence-electron chi connectivity index (χ0n) is 20.5. The lowest BCUT2D eigenvalue weighted by atomic mass is 10.2. The summed E-state index contributed by atoms with van der Waals surface area (Å²) in [7, 11) is 6.00. The summed E-state index contributed by atoms with van der Waals surface area (Å²) in [6.07, 6.45) is 1.83. The summed E-state index contributed by atoms with van der Waals surface area (Å²) in [5.41, 5.74) is 2.22. The van der Waals surface area contributed by atoms with Crippen LogP contribution in [0.15, 0.2) is 54.7 Å². The maximum atomic E-state index is 4.76. The van der Waals surface area contributed by atoms with Crippen LogP contribution in [0.25, 0.3) is 0 Å². The summed E-state index contributed by atoms with van der Waals surface area (Å²) in [4.78, 5) is 20.3. The van der Waals surface area contributed by atoms with E-state index in [1.165, 1.54) is 5.56 Å². The molecule has 0 unspecified atom stereocenters. The molecular formula is C25H37N7. The molecule has 1 aromatic carbocycles. The summed E-state index contributed by atoms with van der Waals surface area (Å²) in [6.45, 7) is 10.7. The topological polar surface area (TPSA) is 60.4 Å². The predicted molar refractivity (Wildman–Crippen MR) is 138 cm³/mol. The molecule has 7 heteroatoms. The van der Waals surface area contributed by atoms with E-state index in [4.69, 9.17) is 9.97 Å². The SMILES string of the molecule is CC.CCN(CCN(C)c1nc(Nc2cccc(C)c2)cc(N(C)C)n1)c1ccccn1. The number of anilines is 5. The van der Waals surface area contributed by atoms with E-state index in [1.807, 2.05) is 82.5 Å². The van der Waals surface area contributed by atoms with Gasteiger partial charge >= 0.3 is 0 Å². The first kappa shape index (κ1) is 24.9. The Morgan fingerprint density at radius 3 is 2.28 bits per heavy atom. The average molecular weight is 436 g/mol. The predicted octanol–water partition coefficient (Wildman–Crippen LogP) is 4.98. The van der Waals surface area contributed by atoms with Gasteiger partial charge in [0.15, 0.2) is 0 Å². The molecule has 2 aromatic heterocycles. The molecular weight excluding hydrogens is 398 g/mol. The first-order valence-corrected chi connectivity index (χ1v) is 11.2. The minimum Gasteiger partial charge on any atom is -0.363 e. The molecule has 0 amide bonds. The highest BCUT2D eigenvalue weighted by molar-refractivity contribution is 5.62. The quantitative estimate of drug-likeness (QED) is 0.509. The Morgan fingerprint density at radius 1 is 0.875 bits per heavy atom. The van der Waals surface area contributed by atoms with Crippen molar-refractivity contribution in [1.82, 2.24) is 15.0 Å². The third-order valence-corrected chi connectivity index (χ3v) is 4.85. The number of hydrogen-bond donors (Lipinski definition) is 1. The van der Waals surface area contributed by atoms with Crippen molar-refractivity contribution in [3.05, 3.63) is 60.3 Å². The van der Waals surface area contributed by atoms with Crippen LogP contribution in [0.5, 0.6) is 0 Å². The number of pyridine rings is 1. The molecule has 0 aliphatic heterocycles. The van der Waals surface area contributed by atoms with Crippen molar-refractivity contribution in [3.63, 3.8) is 0 Å². The maximum absolute atomic E-state index is 4.76. The number of benzene rings is 1. The van der Waals surface area contributed by atoms with Crippen LogP contribution in [0.2, 0.25) is 0 Å². The zero-order chi connectivity index (χ0) is 23.5. The van der Waals surface area contributed by atoms with E-state index in [0.29, 0.717) is 5.95 Å². The molecule has 2 heterocycles. The van der Waals surface area contributed by atoms with Crippen LogP contribution < -0.4 is 20.0 Å². The van der Waals surface area contributed by atoms with Crippen molar-refractivity contribution in [1.29, 1.82) is 0 Å². The number of aromatic nitrogens is 3. The lowest BCUT2D eigenvalue weighted by Gasteiger charge is -2.26. The van der Waals surface area contributed by atoms with Gasteiger partial charge in [-0.05, 0) is 43.7 Å². The van der Waals surface area contributed by atoms with Crippen molar-refractivity contribution in [2.75, 3.05) is 60.8 Å². The number of likely N-dealkylation sites (N-methyl/N-ethyl adjacent to an activating group) is 2. The standard InChI is InChI=1S/C23H31N7.C2H6/c1-6-30(21-12-7-8-13-24-21)15-14-29(5)23-26-20(17-22(27-23)28(3)4)25-19-11-9-10-18(2)16-19;1-2/h7-13,16-17H,6,14-15H2,1-5H3,(H,25,26,27);1-2H3. The number of rotatable bonds is 9. The normalized spacial score (nSPS) is 10.1. The van der Waals surface area contributed by atoms with Crippen molar-refractivity contribution in [2.24, 2.45) is 0 Å². The van der Waals surface area contributed by atoms with Crippen LogP contribution >= 0.6 is 0 Å². The largest absolute Gasteiger partial charge is 0.363 e. The van der Waals surface area contributed by atoms with E-state index in [9.17, 15) is 0 Å². The Balaban J connectivity index is 0.00000176. The zero-order valence-corrected chi connectivity index (χ0v) is 20.5. The highest BCUT2D eigenvalue weighted by Gasteiger charge is 2.13. The second-order valence-corrected chi connectivity index (χ2v) is 7.49. The van der Waals surface area contributed by atoms with Crippen molar-refractivity contribution in [3.8, 4) is 0 Å². The molecule has 0 saturated carbocycles. The molecule has 0 saturated heterocycles. The summed E-state index contributed by atoms with van der Waals surface area (Å²) in [5, 5.41) is 3.41. The van der Waals surface area contributed by atoms with Crippen molar-refractivity contribution < 1.29 is 0 Å². The molecule has 1 N–H and O–H groups in total. The number of hydrogen-bond acceptors (Lipinski definition) is 7. The van der Waals surface area contributed by atoms with Gasteiger partial charge in [0.05, 0.1) is 0 Å². The van der Waals surface area contributed by atoms with Crippen LogP contribution in [0, 0.1) is 6.92 Å². The Labute approximate surface area is 193 Å². The fraction of sp³-hybridized carbons (Fsp3) is 0.400. The fourth-order valence-electron chi connectivity index (χ4n) is 3.10. The van der Waals surface area contributed by atoms with E-state index in [0.717, 1.165) is 42.8 Å². The van der Waals surface area contributed by atoms with Crippen LogP contribution in [-0.2, 0) is 0 Å². The molecule has 3 rings (SSSR count). The molecule has 0 fully saturated rings. The molecule has 0 atom stereocenters. The molecule has 0 aliphatic carbocycles. The Bertz CT molecular complexity index is 944. The van der Waals surface area contributed by atoms with Crippen molar-refractivity contribution >= 4 is 29.1 Å². The lowest BCUT2D eigenvalue weighted by Crippen LogP contribution is -2.34. The summed E-state index contributed by atoms with van der Waals surface area (Å²) < 4.78 is 0. The van der Waals surface area contributed by atoms with Gasteiger partial charge in [0.25, 0.3) is 0 Å². The van der Waals surface area contributed by atoms with Crippen molar-refractivity contribution in [2.45, 2.75) is 27.7 Å². The number of aryl methyl sites for hydroxylation is 1. The summed E-state index contributed by atoms with van der Waals surface area (Å²) in [6, 6.07) is 16.2. The molecule has 0 radical (unpaired) electrons. The van der Waals surface area contributed by atoms with Gasteiger partial charge in [0.1, 0.15) is 17.5 Å². The molecule has 32 heavy (non-hydrogen) atoms. The van der Waals surface area contributed by atoms with E-state index >= 15 is 0 Å². The first-order valence-electron chi connectivity index (χ1n) is 11.2. The van der Waals surface area contributed by atoms with Crippen LogP contribution in [-0.4, -0.2) is 55.7 Å². The first-order chi connectivity index (χ1) is 15.5. The summed E-state index contributed by atoms with van der Waals surface area (Å²) in [5.74, 6) is 3.31. The number of nitrogens with zero attached hydrogens (tertiary/aromatic N) is 6. The van der Waals surface area contributed by atoms with Gasteiger partial charge in [0, 0.05) is 58.7 Å². The maximum Gasteiger partial charge on any atom is 0.229 e. The minimum absolute atomic E-state index is 0.688. The molecule has 3 aromatic rings. The average Bonchev–Trinajstić information content (AvgIpc) is 2.81. The highest BCUT2D eigenvalue weighted by Crippen LogP contribution is 2.22. The van der Waals surface area contributed by atoms with E-state index in [2.05, 4.69) is 46.1 Å². The Hall–Kier alpha value is -3.35. The second-order valence-electron chi connectivity index (χ2n) is 7.49. The van der Waals surface area contributed by atoms with E-state index < -0.39 is 0 Å². The van der Waals surface area contributed by atoms with Gasteiger partial charge in [-0.15, -0.1) is 0 Å². The molecule has 0 aliphatic rings. The van der Waals surface area contributed by atoms with Crippen LogP contribution in [0.1, 0.15) is 26.3 Å². The lowest BCUT2D eigenvalue weighted by molar-refractivity contribution is 0.760. The number of nitrogens with one attached hydrogen (secondary N) is 1. The molecule has 7 nitrogen and oxygen atoms in total. The Kier molecular flexibility index (Phi) is 9.73. The molecule has 172 valence electrons. The van der Waals surface area contributed by atoms with E-state index in [1.54, 1.807) is 0 Å². The minimum atomic E-state index is 0.688. The highest BCUT2D eigenvalue weighted by atomic mass is 15.3. The van der Waals surface area contributed by atoms with Crippen LogP contribution in [0.3, 0.4) is 0 Å². The van der Waals surface area contributed by atoms with Gasteiger partial charge in [-0.2, -0.15) is 9.97 Å². The fourth-order valence-corrected chi connectivity index (χ4v) is 3.10. The third kappa shape index (κ3) is 7.11. The summed E-state index contributed by atoms with van der Waals surface area (Å²) >= 11 is 0.